The summed E-state index contributed by atoms with van der Waals surface area (Å²) in [6, 6.07) is 18.1. The summed E-state index contributed by atoms with van der Waals surface area (Å²) in [5, 5.41) is 23.1. The average molecular weight is 462 g/mol. The third kappa shape index (κ3) is 4.53. The lowest BCUT2D eigenvalue weighted by Gasteiger charge is -2.14. The Hall–Kier alpha value is -4.04. The van der Waals surface area contributed by atoms with E-state index in [-0.39, 0.29) is 17.9 Å². The van der Waals surface area contributed by atoms with Gasteiger partial charge in [0.25, 0.3) is 0 Å². The number of anilines is 1. The first-order valence-electron chi connectivity index (χ1n) is 10.9. The molecular weight excluding hydrogens is 434 g/mol. The number of nitrogens with zero attached hydrogens (tertiary/aromatic N) is 2. The van der Waals surface area contributed by atoms with Gasteiger partial charge in [0.05, 0.1) is 16.6 Å². The number of benzene rings is 3. The summed E-state index contributed by atoms with van der Waals surface area (Å²) in [7, 11) is 3.43. The van der Waals surface area contributed by atoms with Crippen molar-refractivity contribution in [2.75, 3.05) is 11.9 Å². The van der Waals surface area contributed by atoms with Crippen molar-refractivity contribution in [1.29, 1.82) is 0 Å². The number of aliphatic hydroxyl groups excluding tert-OH is 1. The minimum absolute atomic E-state index is 0.0745. The Labute approximate surface area is 196 Å². The number of hydrogen-bond donors (Lipinski definition) is 3. The zero-order valence-electron chi connectivity index (χ0n) is 19.3. The molecule has 176 valence electrons. The molecule has 3 aromatic carbocycles. The maximum absolute atomic E-state index is 12.1. The van der Waals surface area contributed by atoms with E-state index < -0.39 is 12.1 Å². The van der Waals surface area contributed by atoms with Gasteiger partial charge in [0.15, 0.2) is 0 Å². The molecule has 0 saturated carbocycles. The quantitative estimate of drug-likeness (QED) is 0.370. The molecule has 3 N–H and O–H groups in total. The first kappa shape index (κ1) is 23.1. The molecule has 0 aliphatic heterocycles. The van der Waals surface area contributed by atoms with Crippen molar-refractivity contribution >= 4 is 22.7 Å². The summed E-state index contributed by atoms with van der Waals surface area (Å²) in [5.41, 5.74) is 4.87. The van der Waals surface area contributed by atoms with Gasteiger partial charge in [-0.1, -0.05) is 24.3 Å². The summed E-state index contributed by atoms with van der Waals surface area (Å²) in [6.45, 7) is 2.39. The van der Waals surface area contributed by atoms with E-state index in [9.17, 15) is 19.8 Å². The van der Waals surface area contributed by atoms with Crippen molar-refractivity contribution in [3.63, 3.8) is 0 Å². The lowest BCUT2D eigenvalue weighted by Crippen LogP contribution is -2.19. The fourth-order valence-corrected chi connectivity index (χ4v) is 3.96. The van der Waals surface area contributed by atoms with E-state index >= 15 is 0 Å². The molecule has 1 atom stereocenters. The van der Waals surface area contributed by atoms with Crippen LogP contribution in [-0.4, -0.2) is 31.9 Å². The van der Waals surface area contributed by atoms with Crippen LogP contribution >= 0.6 is 0 Å². The Morgan fingerprint density at radius 3 is 2.44 bits per heavy atom. The number of aromatic nitrogens is 2. The number of fused-ring (bicyclic) bond motifs is 1. The number of aliphatic hydroxyl groups is 1. The van der Waals surface area contributed by atoms with Gasteiger partial charge in [-0.15, -0.1) is 0 Å². The van der Waals surface area contributed by atoms with Gasteiger partial charge in [0, 0.05) is 26.3 Å². The van der Waals surface area contributed by atoms with Crippen LogP contribution in [0.3, 0.4) is 0 Å². The molecule has 0 aliphatic carbocycles. The Morgan fingerprint density at radius 1 is 1.03 bits per heavy atom. The third-order valence-electron chi connectivity index (χ3n) is 6.06. The molecule has 0 fully saturated rings. The van der Waals surface area contributed by atoms with Crippen LogP contribution in [0.4, 0.5) is 5.69 Å². The highest BCUT2D eigenvalue weighted by atomic mass is 16.5. The van der Waals surface area contributed by atoms with Gasteiger partial charge in [0.2, 0.25) is 0 Å². The van der Waals surface area contributed by atoms with E-state index in [1.54, 1.807) is 54.4 Å². The van der Waals surface area contributed by atoms with Crippen LogP contribution in [0.25, 0.3) is 11.0 Å². The van der Waals surface area contributed by atoms with Crippen LogP contribution in [0.5, 0.6) is 5.75 Å². The Kier molecular flexibility index (Phi) is 6.43. The second-order valence-corrected chi connectivity index (χ2v) is 8.26. The number of ether oxygens (including phenoxy) is 1. The number of carboxylic acid groups (broad SMARTS) is 1. The molecule has 4 rings (SSSR count). The maximum atomic E-state index is 12.1. The predicted molar refractivity (Wildman–Crippen MR) is 131 cm³/mol. The summed E-state index contributed by atoms with van der Waals surface area (Å²) in [5.74, 6) is -0.322. The number of rotatable bonds is 8. The minimum atomic E-state index is -0.947. The van der Waals surface area contributed by atoms with Gasteiger partial charge in [-0.3, -0.25) is 9.13 Å². The van der Waals surface area contributed by atoms with Gasteiger partial charge in [-0.05, 0) is 60.0 Å². The van der Waals surface area contributed by atoms with Crippen LogP contribution < -0.4 is 15.7 Å². The van der Waals surface area contributed by atoms with Crippen LogP contribution in [0.15, 0.2) is 65.5 Å². The molecule has 8 nitrogen and oxygen atoms in total. The first-order valence-corrected chi connectivity index (χ1v) is 10.9. The van der Waals surface area contributed by atoms with Crippen molar-refractivity contribution in [1.82, 2.24) is 9.13 Å². The Bertz CT molecular complexity index is 1400. The lowest BCUT2D eigenvalue weighted by atomic mass is 10.1. The van der Waals surface area contributed by atoms with Crippen molar-refractivity contribution in [3.05, 3.63) is 93.4 Å². The van der Waals surface area contributed by atoms with E-state index in [2.05, 4.69) is 5.32 Å². The molecule has 0 saturated heterocycles. The second-order valence-electron chi connectivity index (χ2n) is 8.26. The highest BCUT2D eigenvalue weighted by Crippen LogP contribution is 2.23. The monoisotopic (exact) mass is 461 g/mol. The molecule has 0 aliphatic rings. The smallest absolute Gasteiger partial charge is 0.336 e. The number of imidazole rings is 1. The molecular formula is C26H27N3O5. The van der Waals surface area contributed by atoms with Crippen LogP contribution in [-0.2, 0) is 20.6 Å². The third-order valence-corrected chi connectivity index (χ3v) is 6.06. The molecule has 8 heteroatoms. The van der Waals surface area contributed by atoms with E-state index in [1.807, 2.05) is 36.4 Å². The highest BCUT2D eigenvalue weighted by molar-refractivity contribution is 5.91. The van der Waals surface area contributed by atoms with Crippen molar-refractivity contribution < 1.29 is 19.7 Å². The zero-order valence-corrected chi connectivity index (χ0v) is 19.3. The lowest BCUT2D eigenvalue weighted by molar-refractivity contribution is 0.0696. The number of aromatic carboxylic acids is 1. The van der Waals surface area contributed by atoms with Gasteiger partial charge in [-0.25, -0.2) is 9.59 Å². The van der Waals surface area contributed by atoms with Gasteiger partial charge < -0.3 is 20.3 Å². The standard InChI is InChI=1S/C26H27N3O5/c1-16-20(25(31)32)5-4-6-21(16)27-14-17-7-10-19(11-8-17)34-15-24(30)18-9-12-22-23(13-18)29(3)26(33)28(22)2/h4-13,24,27,30H,14-15H2,1-3H3,(H,31,32). The fraction of sp³-hybridized carbons (Fsp3) is 0.231. The molecule has 0 bridgehead atoms. The molecule has 0 amide bonds. The topological polar surface area (TPSA) is 106 Å². The minimum Gasteiger partial charge on any atom is -0.491 e. The van der Waals surface area contributed by atoms with Crippen LogP contribution in [0.1, 0.15) is 33.2 Å². The predicted octanol–water partition coefficient (Wildman–Crippen LogP) is 3.61. The maximum Gasteiger partial charge on any atom is 0.336 e. The molecule has 0 radical (unpaired) electrons. The number of nitrogens with one attached hydrogen (secondary N) is 1. The normalized spacial score (nSPS) is 12.0. The first-order chi connectivity index (χ1) is 16.3. The summed E-state index contributed by atoms with van der Waals surface area (Å²) < 4.78 is 8.89. The Balaban J connectivity index is 1.36. The summed E-state index contributed by atoms with van der Waals surface area (Å²) in [4.78, 5) is 23.4. The summed E-state index contributed by atoms with van der Waals surface area (Å²) >= 11 is 0. The van der Waals surface area contributed by atoms with Crippen molar-refractivity contribution in [3.8, 4) is 5.75 Å². The van der Waals surface area contributed by atoms with Crippen molar-refractivity contribution in [2.24, 2.45) is 14.1 Å². The average Bonchev–Trinajstić information content (AvgIpc) is 3.05. The number of aryl methyl sites for hydroxylation is 2. The van der Waals surface area contributed by atoms with E-state index in [4.69, 9.17) is 4.74 Å². The van der Waals surface area contributed by atoms with E-state index in [1.165, 1.54) is 0 Å². The molecule has 4 aromatic rings. The second kappa shape index (κ2) is 9.44. The molecule has 1 heterocycles. The summed E-state index contributed by atoms with van der Waals surface area (Å²) in [6.07, 6.45) is -0.842. The number of carboxylic acids is 1. The largest absolute Gasteiger partial charge is 0.491 e. The van der Waals surface area contributed by atoms with Crippen LogP contribution in [0.2, 0.25) is 0 Å². The van der Waals surface area contributed by atoms with Gasteiger partial charge in [-0.2, -0.15) is 0 Å². The van der Waals surface area contributed by atoms with Crippen LogP contribution in [0, 0.1) is 6.92 Å². The fourth-order valence-electron chi connectivity index (χ4n) is 3.96. The molecule has 1 unspecified atom stereocenters. The molecule has 0 spiro atoms. The SMILES string of the molecule is Cc1c(NCc2ccc(OCC(O)c3ccc4c(c3)n(C)c(=O)n4C)cc2)cccc1C(=O)O. The molecule has 1 aromatic heterocycles. The van der Waals surface area contributed by atoms with E-state index in [0.717, 1.165) is 22.3 Å². The van der Waals surface area contributed by atoms with E-state index in [0.29, 0.717) is 23.4 Å². The molecule has 34 heavy (non-hydrogen) atoms. The number of carbonyl (C=O) groups is 1. The van der Waals surface area contributed by atoms with Gasteiger partial charge >= 0.3 is 11.7 Å². The Morgan fingerprint density at radius 2 is 1.74 bits per heavy atom. The van der Waals surface area contributed by atoms with Crippen molar-refractivity contribution in [2.45, 2.75) is 19.6 Å². The highest BCUT2D eigenvalue weighted by Gasteiger charge is 2.14. The zero-order chi connectivity index (χ0) is 24.4. The van der Waals surface area contributed by atoms with Gasteiger partial charge in [0.1, 0.15) is 18.5 Å². The number of hydrogen-bond acceptors (Lipinski definition) is 5.